The molecule has 1 heterocycles. The lowest BCUT2D eigenvalue weighted by atomic mass is 10.1. The molecule has 0 aliphatic heterocycles. The van der Waals surface area contributed by atoms with Gasteiger partial charge in [0.25, 0.3) is 0 Å². The van der Waals surface area contributed by atoms with E-state index in [1.807, 2.05) is 30.3 Å². The third-order valence-electron chi connectivity index (χ3n) is 3.07. The maximum absolute atomic E-state index is 11.7. The Morgan fingerprint density at radius 2 is 1.78 bits per heavy atom. The summed E-state index contributed by atoms with van der Waals surface area (Å²) < 4.78 is 4.97. The summed E-state index contributed by atoms with van der Waals surface area (Å²) in [7, 11) is 0. The Balaban J connectivity index is 1.56. The number of aromatic nitrogens is 1. The molecular weight excluding hydrogens is 294 g/mol. The molecule has 0 atom stereocenters. The quantitative estimate of drug-likeness (QED) is 0.769. The van der Waals surface area contributed by atoms with Gasteiger partial charge in [-0.05, 0) is 24.1 Å². The molecule has 23 heavy (non-hydrogen) atoms. The number of nitrogens with one attached hydrogen (secondary N) is 2. The number of hydrogen-bond acceptors (Lipinski definition) is 4. The fraction of sp³-hybridized carbons (Fsp3) is 0.235. The van der Waals surface area contributed by atoms with E-state index in [1.165, 1.54) is 0 Å². The number of rotatable bonds is 7. The Morgan fingerprint density at radius 1 is 1.04 bits per heavy atom. The molecule has 0 fully saturated rings. The van der Waals surface area contributed by atoms with Crippen LogP contribution in [-0.2, 0) is 16.0 Å². The van der Waals surface area contributed by atoms with Crippen LogP contribution in [0.25, 0.3) is 0 Å². The van der Waals surface area contributed by atoms with Gasteiger partial charge in [-0.15, -0.1) is 0 Å². The number of ether oxygens (including phenoxy) is 1. The standard InChI is InChI=1S/C17H19N3O3/c21-16(7-6-14-4-2-1-3-5-14)19-12-13-23-17(22)20-15-8-10-18-11-9-15/h1-5,8-11H,6-7,12-13H2,(H,19,21)(H,18,20,22). The Bertz CT molecular complexity index is 617. The fourth-order valence-corrected chi connectivity index (χ4v) is 1.91. The summed E-state index contributed by atoms with van der Waals surface area (Å²) in [4.78, 5) is 27.0. The van der Waals surface area contributed by atoms with Gasteiger partial charge in [0, 0.05) is 24.5 Å². The van der Waals surface area contributed by atoms with Crippen molar-refractivity contribution in [2.24, 2.45) is 0 Å². The molecule has 6 nitrogen and oxygen atoms in total. The van der Waals surface area contributed by atoms with E-state index in [1.54, 1.807) is 24.5 Å². The first-order valence-corrected chi connectivity index (χ1v) is 7.38. The summed E-state index contributed by atoms with van der Waals surface area (Å²) in [6.45, 7) is 0.408. The Labute approximate surface area is 134 Å². The van der Waals surface area contributed by atoms with Crippen molar-refractivity contribution in [1.29, 1.82) is 0 Å². The van der Waals surface area contributed by atoms with E-state index < -0.39 is 6.09 Å². The monoisotopic (exact) mass is 313 g/mol. The van der Waals surface area contributed by atoms with Gasteiger partial charge < -0.3 is 10.1 Å². The highest BCUT2D eigenvalue weighted by Crippen LogP contribution is 2.03. The molecule has 1 aromatic carbocycles. The highest BCUT2D eigenvalue weighted by Gasteiger charge is 2.04. The second-order valence-corrected chi connectivity index (χ2v) is 4.83. The normalized spacial score (nSPS) is 9.91. The fourth-order valence-electron chi connectivity index (χ4n) is 1.91. The summed E-state index contributed by atoms with van der Waals surface area (Å²) in [6.07, 6.45) is 3.68. The number of nitrogens with zero attached hydrogens (tertiary/aromatic N) is 1. The Kier molecular flexibility index (Phi) is 6.59. The first-order valence-electron chi connectivity index (χ1n) is 7.38. The van der Waals surface area contributed by atoms with Crippen LogP contribution < -0.4 is 10.6 Å². The number of anilines is 1. The molecule has 1 aromatic heterocycles. The molecule has 2 rings (SSSR count). The second kappa shape index (κ2) is 9.19. The summed E-state index contributed by atoms with van der Waals surface area (Å²) in [6, 6.07) is 13.1. The van der Waals surface area contributed by atoms with Gasteiger partial charge in [-0.3, -0.25) is 15.1 Å². The summed E-state index contributed by atoms with van der Waals surface area (Å²) >= 11 is 0. The predicted octanol–water partition coefficient (Wildman–Crippen LogP) is 2.38. The van der Waals surface area contributed by atoms with Gasteiger partial charge in [0.1, 0.15) is 6.61 Å². The number of pyridine rings is 1. The number of aryl methyl sites for hydroxylation is 1. The van der Waals surface area contributed by atoms with Crippen LogP contribution in [0, 0.1) is 0 Å². The summed E-state index contributed by atoms with van der Waals surface area (Å²) in [5.41, 5.74) is 1.73. The Hall–Kier alpha value is -2.89. The average molecular weight is 313 g/mol. The minimum atomic E-state index is -0.560. The highest BCUT2D eigenvalue weighted by atomic mass is 16.5. The van der Waals surface area contributed by atoms with Crippen molar-refractivity contribution < 1.29 is 14.3 Å². The first kappa shape index (κ1) is 16.5. The van der Waals surface area contributed by atoms with E-state index in [-0.39, 0.29) is 19.1 Å². The van der Waals surface area contributed by atoms with Crippen molar-refractivity contribution in [1.82, 2.24) is 10.3 Å². The lowest BCUT2D eigenvalue weighted by Gasteiger charge is -2.08. The van der Waals surface area contributed by atoms with E-state index >= 15 is 0 Å². The van der Waals surface area contributed by atoms with Gasteiger partial charge in [0.2, 0.25) is 5.91 Å². The Morgan fingerprint density at radius 3 is 2.52 bits per heavy atom. The molecule has 0 spiro atoms. The lowest BCUT2D eigenvalue weighted by Crippen LogP contribution is -2.29. The van der Waals surface area contributed by atoms with Crippen molar-refractivity contribution >= 4 is 17.7 Å². The largest absolute Gasteiger partial charge is 0.447 e. The second-order valence-electron chi connectivity index (χ2n) is 4.83. The molecule has 6 heteroatoms. The molecule has 0 saturated carbocycles. The van der Waals surface area contributed by atoms with Crippen molar-refractivity contribution in [3.63, 3.8) is 0 Å². The van der Waals surface area contributed by atoms with Gasteiger partial charge in [-0.25, -0.2) is 4.79 Å². The van der Waals surface area contributed by atoms with Crippen LogP contribution in [0.15, 0.2) is 54.9 Å². The molecule has 2 aromatic rings. The minimum absolute atomic E-state index is 0.0630. The zero-order chi connectivity index (χ0) is 16.3. The van der Waals surface area contributed by atoms with Crippen molar-refractivity contribution in [2.45, 2.75) is 12.8 Å². The van der Waals surface area contributed by atoms with Crippen LogP contribution in [0.1, 0.15) is 12.0 Å². The van der Waals surface area contributed by atoms with Crippen LogP contribution in [0.2, 0.25) is 0 Å². The molecule has 0 bridgehead atoms. The van der Waals surface area contributed by atoms with E-state index in [0.717, 1.165) is 5.56 Å². The third-order valence-corrected chi connectivity index (χ3v) is 3.07. The zero-order valence-electron chi connectivity index (χ0n) is 12.7. The van der Waals surface area contributed by atoms with Gasteiger partial charge in [0.05, 0.1) is 6.54 Å². The summed E-state index contributed by atoms with van der Waals surface area (Å²) in [5, 5.41) is 5.28. The van der Waals surface area contributed by atoms with Crippen molar-refractivity contribution in [3.8, 4) is 0 Å². The first-order chi connectivity index (χ1) is 11.2. The van der Waals surface area contributed by atoms with Crippen LogP contribution in [0.3, 0.4) is 0 Å². The topological polar surface area (TPSA) is 80.3 Å². The molecule has 0 aliphatic rings. The van der Waals surface area contributed by atoms with Gasteiger partial charge in [0.15, 0.2) is 0 Å². The van der Waals surface area contributed by atoms with Crippen molar-refractivity contribution in [3.05, 3.63) is 60.4 Å². The molecule has 0 radical (unpaired) electrons. The average Bonchev–Trinajstić information content (AvgIpc) is 2.59. The highest BCUT2D eigenvalue weighted by molar-refractivity contribution is 5.84. The molecule has 2 amide bonds. The maximum atomic E-state index is 11.7. The molecule has 2 N–H and O–H groups in total. The minimum Gasteiger partial charge on any atom is -0.447 e. The molecule has 0 unspecified atom stereocenters. The number of hydrogen-bond donors (Lipinski definition) is 2. The smallest absolute Gasteiger partial charge is 0.411 e. The SMILES string of the molecule is O=C(CCc1ccccc1)NCCOC(=O)Nc1ccncc1. The number of amides is 2. The van der Waals surface area contributed by atoms with Gasteiger partial charge in [-0.1, -0.05) is 30.3 Å². The third kappa shape index (κ3) is 6.60. The van der Waals surface area contributed by atoms with Gasteiger partial charge >= 0.3 is 6.09 Å². The van der Waals surface area contributed by atoms with Crippen LogP contribution in [0.4, 0.5) is 10.5 Å². The van der Waals surface area contributed by atoms with E-state index in [2.05, 4.69) is 15.6 Å². The van der Waals surface area contributed by atoms with Crippen LogP contribution in [-0.4, -0.2) is 30.1 Å². The van der Waals surface area contributed by atoms with Crippen LogP contribution in [0.5, 0.6) is 0 Å². The molecule has 0 aliphatic carbocycles. The van der Waals surface area contributed by atoms with Crippen LogP contribution >= 0.6 is 0 Å². The van der Waals surface area contributed by atoms with E-state index in [9.17, 15) is 9.59 Å². The molecular formula is C17H19N3O3. The van der Waals surface area contributed by atoms with E-state index in [4.69, 9.17) is 4.74 Å². The predicted molar refractivity (Wildman–Crippen MR) is 87.0 cm³/mol. The number of carbonyl (C=O) groups excluding carboxylic acids is 2. The van der Waals surface area contributed by atoms with Gasteiger partial charge in [-0.2, -0.15) is 0 Å². The summed E-state index contributed by atoms with van der Waals surface area (Å²) in [5.74, 6) is -0.0630. The number of carbonyl (C=O) groups is 2. The lowest BCUT2D eigenvalue weighted by molar-refractivity contribution is -0.121. The molecule has 120 valence electrons. The maximum Gasteiger partial charge on any atom is 0.411 e. The van der Waals surface area contributed by atoms with E-state index in [0.29, 0.717) is 18.5 Å². The number of benzene rings is 1. The molecule has 0 saturated heterocycles. The zero-order valence-corrected chi connectivity index (χ0v) is 12.7. The van der Waals surface area contributed by atoms with Crippen molar-refractivity contribution in [2.75, 3.05) is 18.5 Å².